The summed E-state index contributed by atoms with van der Waals surface area (Å²) in [6, 6.07) is 24.2. The van der Waals surface area contributed by atoms with Gasteiger partial charge in [-0.1, -0.05) is 65.7 Å². The highest BCUT2D eigenvalue weighted by molar-refractivity contribution is 6.33. The molecule has 1 aliphatic heterocycles. The second-order valence-corrected chi connectivity index (χ2v) is 8.33. The van der Waals surface area contributed by atoms with E-state index in [2.05, 4.69) is 4.98 Å². The molecule has 0 atom stereocenters. The molecule has 33 heavy (non-hydrogen) atoms. The lowest BCUT2D eigenvalue weighted by molar-refractivity contribution is 0.474. The largest absolute Gasteiger partial charge is 0.506 e. The number of phenolic OH excluding ortho intramolecular Hbond substituents is 2. The number of hydrogen-bond donors (Lipinski definition) is 3. The van der Waals surface area contributed by atoms with Crippen LogP contribution < -0.4 is 0 Å². The average Bonchev–Trinajstić information content (AvgIpc) is 3.49. The van der Waals surface area contributed by atoms with E-state index in [1.165, 1.54) is 0 Å². The molecule has 0 unspecified atom stereocenters. The third-order valence-electron chi connectivity index (χ3n) is 5.45. The summed E-state index contributed by atoms with van der Waals surface area (Å²) in [6.07, 6.45) is 3.77. The van der Waals surface area contributed by atoms with Crippen molar-refractivity contribution in [2.24, 2.45) is 4.99 Å². The van der Waals surface area contributed by atoms with Crippen LogP contribution in [-0.2, 0) is 0 Å². The molecule has 0 saturated carbocycles. The summed E-state index contributed by atoms with van der Waals surface area (Å²) >= 11 is 12.2. The first-order chi connectivity index (χ1) is 16.0. The minimum Gasteiger partial charge on any atom is -0.506 e. The van der Waals surface area contributed by atoms with Crippen LogP contribution >= 0.6 is 23.2 Å². The number of allylic oxidation sites excluding steroid dienone is 2. The van der Waals surface area contributed by atoms with Gasteiger partial charge < -0.3 is 15.2 Å². The van der Waals surface area contributed by atoms with Crippen molar-refractivity contribution in [3.05, 3.63) is 124 Å². The Morgan fingerprint density at radius 2 is 1.36 bits per heavy atom. The number of nitrogens with zero attached hydrogens (tertiary/aromatic N) is 1. The number of para-hydroxylation sites is 2. The molecule has 3 aromatic carbocycles. The second kappa shape index (κ2) is 8.66. The van der Waals surface area contributed by atoms with Crippen molar-refractivity contribution in [2.75, 3.05) is 0 Å². The average molecular weight is 473 g/mol. The Balaban J connectivity index is 1.65. The minimum atomic E-state index is 0.00340. The first-order valence-corrected chi connectivity index (χ1v) is 11.0. The van der Waals surface area contributed by atoms with Crippen molar-refractivity contribution in [1.29, 1.82) is 0 Å². The van der Waals surface area contributed by atoms with Crippen LogP contribution in [0.3, 0.4) is 0 Å². The SMILES string of the molecule is Oc1c(Cl)cccc1C1=N/C(=C(/c2ccccc2)c2ccc(-c3cccc(Cl)c3O)[nH]2)C=C1. The van der Waals surface area contributed by atoms with Gasteiger partial charge in [-0.15, -0.1) is 0 Å². The first-order valence-electron chi connectivity index (χ1n) is 10.2. The van der Waals surface area contributed by atoms with Gasteiger partial charge in [0.05, 0.1) is 21.5 Å². The molecular weight excluding hydrogens is 455 g/mol. The zero-order valence-corrected chi connectivity index (χ0v) is 18.8. The van der Waals surface area contributed by atoms with Crippen molar-refractivity contribution in [3.8, 4) is 22.8 Å². The third-order valence-corrected chi connectivity index (χ3v) is 6.06. The van der Waals surface area contributed by atoms with Crippen LogP contribution in [0.1, 0.15) is 16.8 Å². The molecule has 4 nitrogen and oxygen atoms in total. The number of aliphatic imine (C=N–C) groups is 1. The Hall–Kier alpha value is -3.73. The number of benzene rings is 3. The Labute approximate surface area is 200 Å². The molecular formula is C27H18Cl2N2O2. The third kappa shape index (κ3) is 3.95. The number of aromatic hydroxyl groups is 2. The summed E-state index contributed by atoms with van der Waals surface area (Å²) < 4.78 is 0. The zero-order chi connectivity index (χ0) is 22.9. The molecule has 0 saturated heterocycles. The smallest absolute Gasteiger partial charge is 0.143 e. The fourth-order valence-electron chi connectivity index (χ4n) is 3.85. The molecule has 4 aromatic rings. The van der Waals surface area contributed by atoms with Gasteiger partial charge >= 0.3 is 0 Å². The van der Waals surface area contributed by atoms with E-state index in [9.17, 15) is 10.2 Å². The van der Waals surface area contributed by atoms with Crippen LogP contribution in [0.5, 0.6) is 11.5 Å². The lowest BCUT2D eigenvalue weighted by Crippen LogP contribution is -1.95. The van der Waals surface area contributed by atoms with E-state index in [0.29, 0.717) is 21.9 Å². The van der Waals surface area contributed by atoms with Crippen LogP contribution in [0.4, 0.5) is 0 Å². The van der Waals surface area contributed by atoms with Crippen LogP contribution in [0.25, 0.3) is 16.8 Å². The molecule has 0 amide bonds. The zero-order valence-electron chi connectivity index (χ0n) is 17.3. The maximum atomic E-state index is 10.4. The number of rotatable bonds is 4. The summed E-state index contributed by atoms with van der Waals surface area (Å²) in [5, 5.41) is 21.4. The van der Waals surface area contributed by atoms with Crippen molar-refractivity contribution in [2.45, 2.75) is 0 Å². The van der Waals surface area contributed by atoms with Gasteiger partial charge in [-0.2, -0.15) is 0 Å². The maximum absolute atomic E-state index is 10.4. The monoisotopic (exact) mass is 472 g/mol. The molecule has 3 N–H and O–H groups in total. The lowest BCUT2D eigenvalue weighted by atomic mass is 10.0. The number of phenols is 2. The van der Waals surface area contributed by atoms with Gasteiger partial charge in [-0.25, -0.2) is 4.99 Å². The molecule has 162 valence electrons. The Morgan fingerprint density at radius 3 is 2.09 bits per heavy atom. The van der Waals surface area contributed by atoms with Gasteiger partial charge in [0.15, 0.2) is 0 Å². The quantitative estimate of drug-likeness (QED) is 0.293. The standard InChI is InChI=1S/C27H18Cl2N2O2/c28-19-10-4-8-17(26(19)32)21-12-14-23(30-21)25(16-6-2-1-3-7-16)24-15-13-22(31-24)18-9-5-11-20(29)27(18)33/h1-15,30,32-33H/b25-24-. The predicted octanol–water partition coefficient (Wildman–Crippen LogP) is 7.22. The molecule has 0 bridgehead atoms. The van der Waals surface area contributed by atoms with E-state index in [4.69, 9.17) is 28.2 Å². The van der Waals surface area contributed by atoms with Gasteiger partial charge in [0.2, 0.25) is 0 Å². The highest BCUT2D eigenvalue weighted by Gasteiger charge is 2.19. The molecule has 0 fully saturated rings. The molecule has 5 rings (SSSR count). The fraction of sp³-hybridized carbons (Fsp3) is 0. The van der Waals surface area contributed by atoms with Crippen LogP contribution in [0.2, 0.25) is 10.0 Å². The van der Waals surface area contributed by atoms with E-state index in [1.54, 1.807) is 36.4 Å². The summed E-state index contributed by atoms with van der Waals surface area (Å²) in [4.78, 5) is 8.20. The molecule has 0 spiro atoms. The van der Waals surface area contributed by atoms with Crippen molar-refractivity contribution < 1.29 is 10.2 Å². The van der Waals surface area contributed by atoms with E-state index >= 15 is 0 Å². The van der Waals surface area contributed by atoms with Crippen LogP contribution in [-0.4, -0.2) is 20.9 Å². The molecule has 0 aliphatic carbocycles. The highest BCUT2D eigenvalue weighted by Crippen LogP contribution is 2.37. The van der Waals surface area contributed by atoms with E-state index in [-0.39, 0.29) is 16.5 Å². The van der Waals surface area contributed by atoms with E-state index in [0.717, 1.165) is 28.2 Å². The number of aromatic amines is 1. The second-order valence-electron chi connectivity index (χ2n) is 7.51. The van der Waals surface area contributed by atoms with Gasteiger partial charge in [-0.3, -0.25) is 0 Å². The maximum Gasteiger partial charge on any atom is 0.143 e. The summed E-state index contributed by atoms with van der Waals surface area (Å²) in [6.45, 7) is 0. The normalized spacial score (nSPS) is 14.4. The summed E-state index contributed by atoms with van der Waals surface area (Å²) in [5.74, 6) is 0.0302. The van der Waals surface area contributed by atoms with Crippen molar-refractivity contribution in [1.82, 2.24) is 4.98 Å². The fourth-order valence-corrected chi connectivity index (χ4v) is 4.20. The first kappa shape index (κ1) is 21.1. The number of H-pyrrole nitrogens is 1. The Morgan fingerprint density at radius 1 is 0.697 bits per heavy atom. The van der Waals surface area contributed by atoms with Crippen molar-refractivity contribution in [3.63, 3.8) is 0 Å². The molecule has 2 heterocycles. The summed E-state index contributed by atoms with van der Waals surface area (Å²) in [7, 11) is 0. The van der Waals surface area contributed by atoms with E-state index < -0.39 is 0 Å². The lowest BCUT2D eigenvalue weighted by Gasteiger charge is -2.09. The molecule has 6 heteroatoms. The predicted molar refractivity (Wildman–Crippen MR) is 134 cm³/mol. The topological polar surface area (TPSA) is 68.6 Å². The molecule has 1 aliphatic rings. The Kier molecular flexibility index (Phi) is 5.55. The number of aromatic nitrogens is 1. The summed E-state index contributed by atoms with van der Waals surface area (Å²) in [5.41, 5.74) is 5.96. The van der Waals surface area contributed by atoms with Crippen molar-refractivity contribution >= 4 is 34.5 Å². The number of halogens is 2. The number of nitrogens with one attached hydrogen (secondary N) is 1. The van der Waals surface area contributed by atoms with Crippen LogP contribution in [0, 0.1) is 0 Å². The van der Waals surface area contributed by atoms with Gasteiger partial charge in [-0.05, 0) is 54.1 Å². The number of hydrogen-bond acceptors (Lipinski definition) is 3. The molecule has 0 radical (unpaired) electrons. The van der Waals surface area contributed by atoms with Gasteiger partial charge in [0.1, 0.15) is 11.5 Å². The van der Waals surface area contributed by atoms with Crippen LogP contribution in [0.15, 0.2) is 102 Å². The minimum absolute atomic E-state index is 0.00340. The van der Waals surface area contributed by atoms with E-state index in [1.807, 2.05) is 54.6 Å². The highest BCUT2D eigenvalue weighted by atomic mass is 35.5. The molecule has 1 aromatic heterocycles. The Bertz CT molecular complexity index is 1450. The van der Waals surface area contributed by atoms with Gasteiger partial charge in [0, 0.05) is 28.1 Å². The van der Waals surface area contributed by atoms with Gasteiger partial charge in [0.25, 0.3) is 0 Å².